The summed E-state index contributed by atoms with van der Waals surface area (Å²) in [7, 11) is -3.34. The summed E-state index contributed by atoms with van der Waals surface area (Å²) in [5.74, 6) is 0.300. The predicted octanol–water partition coefficient (Wildman–Crippen LogP) is 2.03. The Hall–Kier alpha value is -0.620. The van der Waals surface area contributed by atoms with E-state index >= 15 is 0 Å². The number of sulfonamides is 1. The molecule has 1 aromatic carbocycles. The van der Waals surface area contributed by atoms with Gasteiger partial charge in [-0.15, -0.1) is 12.4 Å². The van der Waals surface area contributed by atoms with Crippen LogP contribution in [0.5, 0.6) is 0 Å². The van der Waals surface area contributed by atoms with Crippen LogP contribution in [0, 0.1) is 5.92 Å². The lowest BCUT2D eigenvalue weighted by Gasteiger charge is -2.16. The number of halogens is 1. The number of hydrogen-bond acceptors (Lipinski definition) is 3. The highest BCUT2D eigenvalue weighted by Crippen LogP contribution is 2.24. The van der Waals surface area contributed by atoms with Crippen LogP contribution in [0.1, 0.15) is 25.3 Å². The first kappa shape index (κ1) is 17.4. The molecule has 0 amide bonds. The van der Waals surface area contributed by atoms with Crippen LogP contribution in [-0.2, 0) is 16.4 Å². The monoisotopic (exact) mass is 318 g/mol. The summed E-state index contributed by atoms with van der Waals surface area (Å²) in [6.07, 6.45) is 2.92. The minimum atomic E-state index is -3.34. The summed E-state index contributed by atoms with van der Waals surface area (Å²) in [6.45, 7) is 3.81. The zero-order valence-electron chi connectivity index (χ0n) is 11.8. The molecule has 4 nitrogen and oxygen atoms in total. The van der Waals surface area contributed by atoms with E-state index in [1.54, 1.807) is 16.4 Å². The third-order valence-corrected chi connectivity index (χ3v) is 5.56. The second-order valence-corrected chi connectivity index (χ2v) is 7.09. The van der Waals surface area contributed by atoms with Crippen molar-refractivity contribution in [3.05, 3.63) is 29.8 Å². The molecule has 0 radical (unpaired) electrons. The standard InChI is InChI=1S/C14H22N2O2S.ClH/c1-2-3-12-4-6-14(7-5-12)19(17,18)16-9-8-13(10-15)11-16;/h4-7,13H,2-3,8-11,15H2,1H3;1H. The molecule has 2 N–H and O–H groups in total. The van der Waals surface area contributed by atoms with E-state index in [0.29, 0.717) is 30.4 Å². The molecule has 2 rings (SSSR count). The average molecular weight is 319 g/mol. The number of rotatable bonds is 5. The Labute approximate surface area is 127 Å². The summed E-state index contributed by atoms with van der Waals surface area (Å²) in [4.78, 5) is 0.394. The maximum Gasteiger partial charge on any atom is 0.243 e. The molecule has 6 heteroatoms. The quantitative estimate of drug-likeness (QED) is 0.903. The van der Waals surface area contributed by atoms with Crippen LogP contribution in [0.4, 0.5) is 0 Å². The first-order chi connectivity index (χ1) is 9.07. The molecule has 1 aromatic rings. The van der Waals surface area contributed by atoms with Crippen LogP contribution in [0.15, 0.2) is 29.2 Å². The molecule has 1 saturated heterocycles. The van der Waals surface area contributed by atoms with Gasteiger partial charge in [0.05, 0.1) is 4.90 Å². The van der Waals surface area contributed by atoms with Crippen molar-refractivity contribution >= 4 is 22.4 Å². The SMILES string of the molecule is CCCc1ccc(S(=O)(=O)N2CCC(CN)C2)cc1.Cl. The van der Waals surface area contributed by atoms with Gasteiger partial charge in [0.15, 0.2) is 0 Å². The van der Waals surface area contributed by atoms with Crippen molar-refractivity contribution in [2.75, 3.05) is 19.6 Å². The number of nitrogens with zero attached hydrogens (tertiary/aromatic N) is 1. The normalized spacial score (nSPS) is 19.8. The van der Waals surface area contributed by atoms with Gasteiger partial charge in [0, 0.05) is 13.1 Å². The van der Waals surface area contributed by atoms with Gasteiger partial charge in [0.25, 0.3) is 0 Å². The maximum atomic E-state index is 12.5. The Morgan fingerprint density at radius 2 is 1.95 bits per heavy atom. The lowest BCUT2D eigenvalue weighted by molar-refractivity contribution is 0.459. The lowest BCUT2D eigenvalue weighted by atomic mass is 10.1. The van der Waals surface area contributed by atoms with E-state index in [1.807, 2.05) is 12.1 Å². The fraction of sp³-hybridized carbons (Fsp3) is 0.571. The van der Waals surface area contributed by atoms with Crippen LogP contribution < -0.4 is 5.73 Å². The van der Waals surface area contributed by atoms with Crippen molar-refractivity contribution in [3.8, 4) is 0 Å². The second kappa shape index (κ2) is 7.41. The molecule has 1 atom stereocenters. The first-order valence-corrected chi connectivity index (χ1v) is 8.31. The fourth-order valence-electron chi connectivity index (χ4n) is 2.47. The van der Waals surface area contributed by atoms with Gasteiger partial charge < -0.3 is 5.73 Å². The summed E-state index contributed by atoms with van der Waals surface area (Å²) >= 11 is 0. The van der Waals surface area contributed by atoms with E-state index in [0.717, 1.165) is 19.3 Å². The van der Waals surface area contributed by atoms with Gasteiger partial charge >= 0.3 is 0 Å². The third-order valence-electron chi connectivity index (χ3n) is 3.68. The molecule has 0 aliphatic carbocycles. The van der Waals surface area contributed by atoms with Gasteiger partial charge in [-0.05, 0) is 43.0 Å². The Bertz CT molecular complexity index is 516. The van der Waals surface area contributed by atoms with E-state index in [2.05, 4.69) is 6.92 Å². The minimum Gasteiger partial charge on any atom is -0.330 e. The molecule has 1 aliphatic rings. The highest BCUT2D eigenvalue weighted by atomic mass is 35.5. The van der Waals surface area contributed by atoms with Gasteiger partial charge in [-0.25, -0.2) is 8.42 Å². The van der Waals surface area contributed by atoms with E-state index in [-0.39, 0.29) is 12.4 Å². The smallest absolute Gasteiger partial charge is 0.243 e. The van der Waals surface area contributed by atoms with Crippen LogP contribution in [-0.4, -0.2) is 32.4 Å². The van der Waals surface area contributed by atoms with Crippen LogP contribution >= 0.6 is 12.4 Å². The zero-order valence-corrected chi connectivity index (χ0v) is 13.4. The summed E-state index contributed by atoms with van der Waals surface area (Å²) < 4.78 is 26.5. The molecule has 0 spiro atoms. The first-order valence-electron chi connectivity index (χ1n) is 6.87. The Morgan fingerprint density at radius 3 is 2.45 bits per heavy atom. The van der Waals surface area contributed by atoms with Gasteiger partial charge in [0.2, 0.25) is 10.0 Å². The summed E-state index contributed by atoms with van der Waals surface area (Å²) in [5, 5.41) is 0. The van der Waals surface area contributed by atoms with Crippen molar-refractivity contribution < 1.29 is 8.42 Å². The molecule has 0 bridgehead atoms. The molecule has 114 valence electrons. The summed E-state index contributed by atoms with van der Waals surface area (Å²) in [5.41, 5.74) is 6.79. The molecular formula is C14H23ClN2O2S. The van der Waals surface area contributed by atoms with E-state index in [1.165, 1.54) is 5.56 Å². The Morgan fingerprint density at radius 1 is 1.30 bits per heavy atom. The number of nitrogens with two attached hydrogens (primary N) is 1. The van der Waals surface area contributed by atoms with Gasteiger partial charge in [0.1, 0.15) is 0 Å². The Kier molecular flexibility index (Phi) is 6.45. The van der Waals surface area contributed by atoms with Crippen molar-refractivity contribution in [3.63, 3.8) is 0 Å². The largest absolute Gasteiger partial charge is 0.330 e. The minimum absolute atomic E-state index is 0. The molecule has 20 heavy (non-hydrogen) atoms. The van der Waals surface area contributed by atoms with Crippen molar-refractivity contribution in [1.82, 2.24) is 4.31 Å². The van der Waals surface area contributed by atoms with Gasteiger partial charge in [-0.2, -0.15) is 4.31 Å². The molecule has 0 aromatic heterocycles. The molecular weight excluding hydrogens is 296 g/mol. The topological polar surface area (TPSA) is 63.4 Å². The highest BCUT2D eigenvalue weighted by molar-refractivity contribution is 7.89. The van der Waals surface area contributed by atoms with Crippen LogP contribution in [0.3, 0.4) is 0 Å². The molecule has 1 aliphatic heterocycles. The third kappa shape index (κ3) is 3.73. The second-order valence-electron chi connectivity index (χ2n) is 5.15. The number of benzene rings is 1. The van der Waals surface area contributed by atoms with Crippen molar-refractivity contribution in [2.45, 2.75) is 31.1 Å². The highest BCUT2D eigenvalue weighted by Gasteiger charge is 2.31. The number of hydrogen-bond donors (Lipinski definition) is 1. The van der Waals surface area contributed by atoms with Gasteiger partial charge in [-0.3, -0.25) is 0 Å². The lowest BCUT2D eigenvalue weighted by Crippen LogP contribution is -2.30. The van der Waals surface area contributed by atoms with Crippen molar-refractivity contribution in [1.29, 1.82) is 0 Å². The molecule has 1 heterocycles. The van der Waals surface area contributed by atoms with E-state index < -0.39 is 10.0 Å². The molecule has 1 fully saturated rings. The van der Waals surface area contributed by atoms with Crippen molar-refractivity contribution in [2.24, 2.45) is 11.7 Å². The van der Waals surface area contributed by atoms with Crippen LogP contribution in [0.2, 0.25) is 0 Å². The van der Waals surface area contributed by atoms with E-state index in [4.69, 9.17) is 5.73 Å². The average Bonchev–Trinajstić information content (AvgIpc) is 2.89. The van der Waals surface area contributed by atoms with Gasteiger partial charge in [-0.1, -0.05) is 25.5 Å². The van der Waals surface area contributed by atoms with Crippen LogP contribution in [0.25, 0.3) is 0 Å². The maximum absolute atomic E-state index is 12.5. The van der Waals surface area contributed by atoms with E-state index in [9.17, 15) is 8.42 Å². The molecule has 1 unspecified atom stereocenters. The fourth-order valence-corrected chi connectivity index (χ4v) is 4.00. The molecule has 0 saturated carbocycles. The summed E-state index contributed by atoms with van der Waals surface area (Å²) in [6, 6.07) is 7.26. The zero-order chi connectivity index (χ0) is 13.9. The predicted molar refractivity (Wildman–Crippen MR) is 83.6 cm³/mol. The number of aryl methyl sites for hydroxylation is 1. The Balaban J connectivity index is 0.00000200.